The molecule has 6 heteroatoms. The zero-order valence-electron chi connectivity index (χ0n) is 9.38. The van der Waals surface area contributed by atoms with E-state index in [1.807, 2.05) is 0 Å². The monoisotopic (exact) mass is 453 g/mol. The van der Waals surface area contributed by atoms with Gasteiger partial charge in [-0.3, -0.25) is 4.79 Å². The Kier molecular flexibility index (Phi) is 4.81. The number of anilines is 1. The normalized spacial score (nSPS) is 10.3. The van der Waals surface area contributed by atoms with Gasteiger partial charge in [0, 0.05) is 8.59 Å². The van der Waals surface area contributed by atoms with E-state index in [2.05, 4.69) is 43.8 Å². The van der Waals surface area contributed by atoms with Crippen LogP contribution in [0.4, 0.5) is 10.1 Å². The van der Waals surface area contributed by atoms with Crippen LogP contribution in [0.25, 0.3) is 0 Å². The topological polar surface area (TPSA) is 29.1 Å². The number of benzene rings is 2. The number of rotatable bonds is 2. The summed E-state index contributed by atoms with van der Waals surface area (Å²) in [6.07, 6.45) is 0. The van der Waals surface area contributed by atoms with Crippen molar-refractivity contribution < 1.29 is 9.18 Å². The smallest absolute Gasteiger partial charge is 0.258 e. The molecule has 0 atom stereocenters. The molecule has 0 aliphatic heterocycles. The second-order valence-electron chi connectivity index (χ2n) is 3.68. The fraction of sp³-hybridized carbons (Fsp3) is 0. The van der Waals surface area contributed by atoms with E-state index in [9.17, 15) is 9.18 Å². The van der Waals surface area contributed by atoms with Crippen molar-refractivity contribution in [3.05, 3.63) is 60.8 Å². The minimum atomic E-state index is -0.580. The van der Waals surface area contributed by atoms with Gasteiger partial charge in [0.1, 0.15) is 5.82 Å². The molecule has 0 radical (unpaired) electrons. The molecule has 98 valence electrons. The average molecular weight is 454 g/mol. The Hall–Kier alpha value is -0.660. The number of carbonyl (C=O) groups excluding carboxylic acids is 1. The van der Waals surface area contributed by atoms with Crippen molar-refractivity contribution >= 4 is 61.7 Å². The molecule has 0 fully saturated rings. The minimum absolute atomic E-state index is 0.0138. The maximum absolute atomic E-state index is 13.8. The van der Waals surface area contributed by atoms with Crippen molar-refractivity contribution in [2.24, 2.45) is 0 Å². The SMILES string of the molecule is O=C(Nc1ccc(Cl)cc1I)c1cccc(Br)c1F. The fourth-order valence-corrected chi connectivity index (χ4v) is 2.83. The van der Waals surface area contributed by atoms with Gasteiger partial charge in [0.05, 0.1) is 15.7 Å². The van der Waals surface area contributed by atoms with Crippen molar-refractivity contribution in [3.63, 3.8) is 0 Å². The highest BCUT2D eigenvalue weighted by Gasteiger charge is 2.14. The third kappa shape index (κ3) is 3.46. The van der Waals surface area contributed by atoms with Gasteiger partial charge in [-0.25, -0.2) is 4.39 Å². The second-order valence-corrected chi connectivity index (χ2v) is 6.13. The third-order valence-electron chi connectivity index (χ3n) is 2.38. The molecular weight excluding hydrogens is 447 g/mol. The first-order chi connectivity index (χ1) is 8.99. The van der Waals surface area contributed by atoms with Crippen molar-refractivity contribution in [1.29, 1.82) is 0 Å². The molecule has 2 rings (SSSR count). The summed E-state index contributed by atoms with van der Waals surface area (Å²) < 4.78 is 14.8. The van der Waals surface area contributed by atoms with E-state index in [4.69, 9.17) is 11.6 Å². The molecule has 1 N–H and O–H groups in total. The summed E-state index contributed by atoms with van der Waals surface area (Å²) >= 11 is 10.9. The van der Waals surface area contributed by atoms with Crippen molar-refractivity contribution in [3.8, 4) is 0 Å². The maximum atomic E-state index is 13.8. The van der Waals surface area contributed by atoms with Crippen LogP contribution in [0.15, 0.2) is 40.9 Å². The van der Waals surface area contributed by atoms with Gasteiger partial charge in [-0.1, -0.05) is 17.7 Å². The first-order valence-corrected chi connectivity index (χ1v) is 7.44. The first-order valence-electron chi connectivity index (χ1n) is 5.19. The summed E-state index contributed by atoms with van der Waals surface area (Å²) in [6.45, 7) is 0. The minimum Gasteiger partial charge on any atom is -0.321 e. The van der Waals surface area contributed by atoms with Crippen LogP contribution < -0.4 is 5.32 Å². The Bertz CT molecular complexity index is 651. The van der Waals surface area contributed by atoms with Crippen LogP contribution in [0, 0.1) is 9.39 Å². The standard InChI is InChI=1S/C13H7BrClFINO/c14-9-3-1-2-8(12(9)16)13(19)18-11-5-4-7(15)6-10(11)17/h1-6H,(H,18,19). The molecule has 2 nitrogen and oxygen atoms in total. The lowest BCUT2D eigenvalue weighted by molar-refractivity contribution is 0.102. The molecule has 0 aliphatic rings. The molecule has 2 aromatic carbocycles. The van der Waals surface area contributed by atoms with Gasteiger partial charge in [0.25, 0.3) is 5.91 Å². The van der Waals surface area contributed by atoms with Crippen LogP contribution in [0.1, 0.15) is 10.4 Å². The largest absolute Gasteiger partial charge is 0.321 e. The highest BCUT2D eigenvalue weighted by molar-refractivity contribution is 14.1. The maximum Gasteiger partial charge on any atom is 0.258 e. The molecule has 0 aliphatic carbocycles. The lowest BCUT2D eigenvalue weighted by Crippen LogP contribution is -2.14. The van der Waals surface area contributed by atoms with Gasteiger partial charge in [0.15, 0.2) is 0 Å². The molecule has 0 heterocycles. The Balaban J connectivity index is 2.28. The highest BCUT2D eigenvalue weighted by atomic mass is 127. The van der Waals surface area contributed by atoms with Gasteiger partial charge in [-0.15, -0.1) is 0 Å². The Morgan fingerprint density at radius 3 is 2.74 bits per heavy atom. The van der Waals surface area contributed by atoms with E-state index in [0.29, 0.717) is 10.7 Å². The van der Waals surface area contributed by atoms with Gasteiger partial charge in [0.2, 0.25) is 0 Å². The molecule has 0 spiro atoms. The average Bonchev–Trinajstić information content (AvgIpc) is 2.36. The van der Waals surface area contributed by atoms with Crippen molar-refractivity contribution in [2.45, 2.75) is 0 Å². The summed E-state index contributed by atoms with van der Waals surface area (Å²) in [5.41, 5.74) is 0.578. The Morgan fingerprint density at radius 1 is 1.32 bits per heavy atom. The summed E-state index contributed by atoms with van der Waals surface area (Å²) in [5.74, 6) is -1.08. The van der Waals surface area contributed by atoms with E-state index in [1.54, 1.807) is 24.3 Å². The van der Waals surface area contributed by atoms with Gasteiger partial charge >= 0.3 is 0 Å². The van der Waals surface area contributed by atoms with E-state index in [-0.39, 0.29) is 10.0 Å². The number of carbonyl (C=O) groups is 1. The fourth-order valence-electron chi connectivity index (χ4n) is 1.46. The molecule has 0 saturated carbocycles. The van der Waals surface area contributed by atoms with Crippen molar-refractivity contribution in [2.75, 3.05) is 5.32 Å². The second kappa shape index (κ2) is 6.19. The van der Waals surface area contributed by atoms with Crippen molar-refractivity contribution in [1.82, 2.24) is 0 Å². The first kappa shape index (κ1) is 14.7. The summed E-state index contributed by atoms with van der Waals surface area (Å²) in [4.78, 5) is 12.0. The van der Waals surface area contributed by atoms with Gasteiger partial charge in [-0.2, -0.15) is 0 Å². The van der Waals surface area contributed by atoms with Crippen LogP contribution in [-0.4, -0.2) is 5.91 Å². The van der Waals surface area contributed by atoms with E-state index < -0.39 is 11.7 Å². The van der Waals surface area contributed by atoms with E-state index >= 15 is 0 Å². The quantitative estimate of drug-likeness (QED) is 0.629. The number of hydrogen-bond acceptors (Lipinski definition) is 1. The molecular formula is C13H7BrClFINO. The molecule has 0 saturated heterocycles. The van der Waals surface area contributed by atoms with Crippen LogP contribution in [-0.2, 0) is 0 Å². The molecule has 0 unspecified atom stereocenters. The number of amides is 1. The van der Waals surface area contributed by atoms with Gasteiger partial charge in [-0.05, 0) is 68.9 Å². The summed E-state index contributed by atoms with van der Waals surface area (Å²) in [5, 5.41) is 3.24. The van der Waals surface area contributed by atoms with Crippen LogP contribution in [0.5, 0.6) is 0 Å². The molecule has 1 amide bonds. The van der Waals surface area contributed by atoms with Crippen LogP contribution in [0.2, 0.25) is 5.02 Å². The van der Waals surface area contributed by atoms with Gasteiger partial charge < -0.3 is 5.32 Å². The third-order valence-corrected chi connectivity index (χ3v) is 4.12. The van der Waals surface area contributed by atoms with Crippen LogP contribution in [0.3, 0.4) is 0 Å². The lowest BCUT2D eigenvalue weighted by atomic mass is 10.2. The Morgan fingerprint density at radius 2 is 2.05 bits per heavy atom. The predicted octanol–water partition coefficient (Wildman–Crippen LogP) is 5.10. The highest BCUT2D eigenvalue weighted by Crippen LogP contribution is 2.24. The number of hydrogen-bond donors (Lipinski definition) is 1. The Labute approximate surface area is 136 Å². The zero-order valence-corrected chi connectivity index (χ0v) is 13.9. The zero-order chi connectivity index (χ0) is 14.0. The number of nitrogens with one attached hydrogen (secondary N) is 1. The summed E-state index contributed by atoms with van der Waals surface area (Å²) in [7, 11) is 0. The molecule has 0 bridgehead atoms. The molecule has 2 aromatic rings. The lowest BCUT2D eigenvalue weighted by Gasteiger charge is -2.09. The van der Waals surface area contributed by atoms with Crippen LogP contribution >= 0.6 is 50.1 Å². The van der Waals surface area contributed by atoms with E-state index in [0.717, 1.165) is 3.57 Å². The van der Waals surface area contributed by atoms with E-state index in [1.165, 1.54) is 12.1 Å². The molecule has 19 heavy (non-hydrogen) atoms. The molecule has 0 aromatic heterocycles. The predicted molar refractivity (Wildman–Crippen MR) is 86.2 cm³/mol. The number of halogens is 4. The summed E-state index contributed by atoms with van der Waals surface area (Å²) in [6, 6.07) is 9.63.